The molecule has 200 valence electrons. The van der Waals surface area contributed by atoms with Crippen LogP contribution in [-0.2, 0) is 24.0 Å². The van der Waals surface area contributed by atoms with E-state index in [0.717, 1.165) is 0 Å². The number of hydrogen-bond acceptors (Lipinski definition) is 8. The van der Waals surface area contributed by atoms with Crippen molar-refractivity contribution in [2.24, 2.45) is 22.9 Å². The zero-order valence-electron chi connectivity index (χ0n) is 20.2. The molecule has 0 saturated carbocycles. The topological polar surface area (TPSA) is 237 Å². The lowest BCUT2D eigenvalue weighted by molar-refractivity contribution is -0.149. The Bertz CT molecular complexity index is 735. The molecule has 13 heteroatoms. The van der Waals surface area contributed by atoms with Crippen molar-refractivity contribution in [3.8, 4) is 0 Å². The number of carboxylic acid groups (broad SMARTS) is 1. The minimum atomic E-state index is -1.08. The summed E-state index contributed by atoms with van der Waals surface area (Å²) < 4.78 is 0. The van der Waals surface area contributed by atoms with E-state index in [0.29, 0.717) is 58.2 Å². The molecule has 1 saturated heterocycles. The third-order valence-electron chi connectivity index (χ3n) is 6.00. The Morgan fingerprint density at radius 3 is 2.00 bits per heavy atom. The van der Waals surface area contributed by atoms with E-state index in [-0.39, 0.29) is 25.7 Å². The van der Waals surface area contributed by atoms with E-state index in [1.807, 2.05) is 0 Å². The molecule has 13 nitrogen and oxygen atoms in total. The summed E-state index contributed by atoms with van der Waals surface area (Å²) in [5, 5.41) is 14.8. The second-order valence-corrected chi connectivity index (χ2v) is 8.83. The first-order valence-corrected chi connectivity index (χ1v) is 12.2. The monoisotopic (exact) mass is 499 g/mol. The number of carbonyl (C=O) groups is 5. The molecule has 4 unspecified atom stereocenters. The molecule has 0 aromatic rings. The molecule has 1 fully saturated rings. The number of rotatable bonds is 17. The van der Waals surface area contributed by atoms with E-state index >= 15 is 0 Å². The molecule has 11 N–H and O–H groups in total. The lowest BCUT2D eigenvalue weighted by Gasteiger charge is -2.29. The summed E-state index contributed by atoms with van der Waals surface area (Å²) in [6.45, 7) is 1.12. The quantitative estimate of drug-likeness (QED) is 0.108. The molecule has 0 aliphatic carbocycles. The highest BCUT2D eigenvalue weighted by Crippen LogP contribution is 2.20. The summed E-state index contributed by atoms with van der Waals surface area (Å²) in [7, 11) is 0. The number of aliphatic carboxylic acids is 1. The van der Waals surface area contributed by atoms with Crippen LogP contribution in [0.5, 0.6) is 0 Å². The number of carbonyl (C=O) groups excluding carboxylic acids is 4. The third-order valence-corrected chi connectivity index (χ3v) is 6.00. The molecule has 0 radical (unpaired) electrons. The Morgan fingerprint density at radius 1 is 0.886 bits per heavy atom. The van der Waals surface area contributed by atoms with Gasteiger partial charge in [0.1, 0.15) is 18.1 Å². The fraction of sp³-hybridized carbons (Fsp3) is 0.773. The van der Waals surface area contributed by atoms with Gasteiger partial charge in [-0.25, -0.2) is 4.79 Å². The van der Waals surface area contributed by atoms with E-state index in [4.69, 9.17) is 22.9 Å². The maximum atomic E-state index is 13.2. The number of primary amides is 1. The highest BCUT2D eigenvalue weighted by Gasteiger charge is 2.38. The van der Waals surface area contributed by atoms with Crippen molar-refractivity contribution in [3.05, 3.63) is 0 Å². The lowest BCUT2D eigenvalue weighted by Crippen LogP contribution is -2.57. The molecule has 4 atom stereocenters. The normalized spacial score (nSPS) is 17.9. The van der Waals surface area contributed by atoms with Gasteiger partial charge in [-0.1, -0.05) is 0 Å². The minimum Gasteiger partial charge on any atom is -0.480 e. The fourth-order valence-corrected chi connectivity index (χ4v) is 3.98. The molecule has 1 aliphatic heterocycles. The first-order valence-electron chi connectivity index (χ1n) is 12.2. The smallest absolute Gasteiger partial charge is 0.326 e. The maximum absolute atomic E-state index is 13.2. The summed E-state index contributed by atoms with van der Waals surface area (Å²) in [5.41, 5.74) is 22.0. The maximum Gasteiger partial charge on any atom is 0.326 e. The zero-order valence-corrected chi connectivity index (χ0v) is 20.2. The summed E-state index contributed by atoms with van der Waals surface area (Å²) in [5.74, 6) is -3.33. The average molecular weight is 500 g/mol. The molecule has 1 aliphatic rings. The Labute approximate surface area is 205 Å². The zero-order chi connectivity index (χ0) is 26.4. The van der Waals surface area contributed by atoms with Crippen LogP contribution in [0.3, 0.4) is 0 Å². The summed E-state index contributed by atoms with van der Waals surface area (Å²) >= 11 is 0. The predicted octanol–water partition coefficient (Wildman–Crippen LogP) is -2.12. The second-order valence-electron chi connectivity index (χ2n) is 8.83. The molecule has 35 heavy (non-hydrogen) atoms. The molecule has 0 bridgehead atoms. The van der Waals surface area contributed by atoms with E-state index in [1.54, 1.807) is 0 Å². The first kappa shape index (κ1) is 30.3. The van der Waals surface area contributed by atoms with Gasteiger partial charge < -0.3 is 43.6 Å². The standard InChI is InChI=1S/C22H41N7O6/c23-11-3-1-6-15(27-19(31)14(25)9-10-18(26)30)20(32)28-16(7-2-4-12-24)21(33)29-13-5-8-17(29)22(34)35/h14-17H,1-13,23-25H2,(H2,26,30)(H,27,31)(H,28,32)(H,34,35). The Balaban J connectivity index is 2.96. The number of unbranched alkanes of at least 4 members (excludes halogenated alkanes) is 2. The van der Waals surface area contributed by atoms with Gasteiger partial charge in [-0.3, -0.25) is 19.2 Å². The SMILES string of the molecule is NCCCCC(NC(=O)C(N)CCC(N)=O)C(=O)NC(CCCCN)C(=O)N1CCCC1C(=O)O. The van der Waals surface area contributed by atoms with E-state index < -0.39 is 53.8 Å². The van der Waals surface area contributed by atoms with Gasteiger partial charge in [0.25, 0.3) is 0 Å². The van der Waals surface area contributed by atoms with Crippen LogP contribution in [0.25, 0.3) is 0 Å². The van der Waals surface area contributed by atoms with Crippen LogP contribution in [0.15, 0.2) is 0 Å². The number of hydrogen-bond donors (Lipinski definition) is 7. The average Bonchev–Trinajstić information content (AvgIpc) is 3.31. The molecule has 0 aromatic carbocycles. The van der Waals surface area contributed by atoms with Crippen LogP contribution in [0.1, 0.15) is 64.2 Å². The van der Waals surface area contributed by atoms with Gasteiger partial charge in [-0.15, -0.1) is 0 Å². The molecule has 1 rings (SSSR count). The van der Waals surface area contributed by atoms with E-state index in [1.165, 1.54) is 4.90 Å². The van der Waals surface area contributed by atoms with Crippen LogP contribution in [0, 0.1) is 0 Å². The van der Waals surface area contributed by atoms with Crippen LogP contribution in [0.2, 0.25) is 0 Å². The highest BCUT2D eigenvalue weighted by molar-refractivity contribution is 5.94. The number of nitrogens with two attached hydrogens (primary N) is 4. The van der Waals surface area contributed by atoms with E-state index in [2.05, 4.69) is 10.6 Å². The minimum absolute atomic E-state index is 0.0318. The largest absolute Gasteiger partial charge is 0.480 e. The van der Waals surface area contributed by atoms with Crippen LogP contribution in [0.4, 0.5) is 0 Å². The van der Waals surface area contributed by atoms with Crippen molar-refractivity contribution in [1.82, 2.24) is 15.5 Å². The van der Waals surface area contributed by atoms with Crippen molar-refractivity contribution in [2.75, 3.05) is 19.6 Å². The Hall–Kier alpha value is -2.77. The molecule has 4 amide bonds. The molecular weight excluding hydrogens is 458 g/mol. The molecule has 0 spiro atoms. The fourth-order valence-electron chi connectivity index (χ4n) is 3.98. The van der Waals surface area contributed by atoms with Gasteiger partial charge in [-0.2, -0.15) is 0 Å². The summed E-state index contributed by atoms with van der Waals surface area (Å²) in [6, 6.07) is -3.89. The van der Waals surface area contributed by atoms with Crippen molar-refractivity contribution < 1.29 is 29.1 Å². The van der Waals surface area contributed by atoms with Crippen LogP contribution >= 0.6 is 0 Å². The predicted molar refractivity (Wildman–Crippen MR) is 128 cm³/mol. The molecule has 0 aromatic heterocycles. The van der Waals surface area contributed by atoms with Crippen LogP contribution < -0.4 is 33.6 Å². The lowest BCUT2D eigenvalue weighted by atomic mass is 10.0. The Kier molecular flexibility index (Phi) is 13.8. The number of nitrogens with one attached hydrogen (secondary N) is 2. The number of nitrogens with zero attached hydrogens (tertiary/aromatic N) is 1. The van der Waals surface area contributed by atoms with Gasteiger partial charge in [0.2, 0.25) is 23.6 Å². The number of amides is 4. The van der Waals surface area contributed by atoms with Gasteiger partial charge in [-0.05, 0) is 70.9 Å². The molecule has 1 heterocycles. The first-order chi connectivity index (χ1) is 16.6. The van der Waals surface area contributed by atoms with Crippen molar-refractivity contribution in [3.63, 3.8) is 0 Å². The van der Waals surface area contributed by atoms with Crippen LogP contribution in [-0.4, -0.2) is 83.4 Å². The highest BCUT2D eigenvalue weighted by atomic mass is 16.4. The summed E-state index contributed by atoms with van der Waals surface area (Å²) in [6.07, 6.45) is 3.79. The van der Waals surface area contributed by atoms with Gasteiger partial charge in [0.05, 0.1) is 6.04 Å². The summed E-state index contributed by atoms with van der Waals surface area (Å²) in [4.78, 5) is 62.7. The van der Waals surface area contributed by atoms with Gasteiger partial charge >= 0.3 is 5.97 Å². The van der Waals surface area contributed by atoms with Gasteiger partial charge in [0.15, 0.2) is 0 Å². The van der Waals surface area contributed by atoms with Gasteiger partial charge in [0, 0.05) is 13.0 Å². The molecular formula is C22H41N7O6. The van der Waals surface area contributed by atoms with Crippen molar-refractivity contribution in [1.29, 1.82) is 0 Å². The Morgan fingerprint density at radius 2 is 1.46 bits per heavy atom. The van der Waals surface area contributed by atoms with E-state index in [9.17, 15) is 29.1 Å². The third kappa shape index (κ3) is 10.6. The van der Waals surface area contributed by atoms with Crippen molar-refractivity contribution >= 4 is 29.6 Å². The second kappa shape index (κ2) is 16.0. The number of carboxylic acids is 1. The number of likely N-dealkylation sites (tertiary alicyclic amines) is 1. The van der Waals surface area contributed by atoms with Crippen molar-refractivity contribution in [2.45, 2.75) is 88.4 Å².